The molecule has 0 saturated carbocycles. The van der Waals surface area contributed by atoms with E-state index >= 15 is 0 Å². The van der Waals surface area contributed by atoms with Crippen molar-refractivity contribution in [1.29, 1.82) is 0 Å². The first kappa shape index (κ1) is 16.2. The zero-order chi connectivity index (χ0) is 17.1. The van der Waals surface area contributed by atoms with Crippen LogP contribution in [0.2, 0.25) is 0 Å². The molecule has 7 heteroatoms. The van der Waals surface area contributed by atoms with Gasteiger partial charge in [0.2, 0.25) is 0 Å². The van der Waals surface area contributed by atoms with Crippen LogP contribution in [0.3, 0.4) is 0 Å². The van der Waals surface area contributed by atoms with E-state index in [1.807, 2.05) is 18.2 Å². The minimum atomic E-state index is -0.984. The molecular formula is C17H14BrN3O3. The van der Waals surface area contributed by atoms with Crippen molar-refractivity contribution in [2.45, 2.75) is 12.5 Å². The zero-order valence-electron chi connectivity index (χ0n) is 12.5. The summed E-state index contributed by atoms with van der Waals surface area (Å²) in [6, 6.07) is 10.1. The number of halogens is 1. The number of aromatic nitrogens is 2. The normalized spacial score (nSPS) is 12.0. The molecule has 6 nitrogen and oxygen atoms in total. The molecule has 0 aliphatic heterocycles. The van der Waals surface area contributed by atoms with Gasteiger partial charge in [-0.3, -0.25) is 9.59 Å². The number of rotatable bonds is 5. The number of hydrogen-bond acceptors (Lipinski definition) is 3. The fourth-order valence-corrected chi connectivity index (χ4v) is 2.69. The lowest BCUT2D eigenvalue weighted by molar-refractivity contribution is -0.137. The van der Waals surface area contributed by atoms with Crippen LogP contribution in [0.5, 0.6) is 0 Å². The van der Waals surface area contributed by atoms with Gasteiger partial charge in [-0.25, -0.2) is 4.98 Å². The lowest BCUT2D eigenvalue weighted by Gasteiger charge is -2.17. The number of carboxylic acids is 1. The molecule has 3 N–H and O–H groups in total. The Labute approximate surface area is 146 Å². The van der Waals surface area contributed by atoms with Crippen molar-refractivity contribution >= 4 is 38.8 Å². The second kappa shape index (κ2) is 6.84. The monoisotopic (exact) mass is 387 g/mol. The Bertz CT molecular complexity index is 889. The van der Waals surface area contributed by atoms with Crippen molar-refractivity contribution in [3.8, 4) is 0 Å². The molecule has 2 aromatic heterocycles. The predicted octanol–water partition coefficient (Wildman–Crippen LogP) is 3.27. The molecule has 3 rings (SSSR count). The van der Waals surface area contributed by atoms with E-state index in [9.17, 15) is 9.59 Å². The third-order valence-electron chi connectivity index (χ3n) is 3.62. The number of pyridine rings is 1. The Kier molecular flexibility index (Phi) is 4.61. The van der Waals surface area contributed by atoms with E-state index in [-0.39, 0.29) is 12.3 Å². The highest BCUT2D eigenvalue weighted by Gasteiger charge is 2.19. The van der Waals surface area contributed by atoms with Gasteiger partial charge in [-0.2, -0.15) is 0 Å². The lowest BCUT2D eigenvalue weighted by Crippen LogP contribution is -2.30. The first-order valence-corrected chi connectivity index (χ1v) is 8.03. The molecule has 1 amide bonds. The summed E-state index contributed by atoms with van der Waals surface area (Å²) in [7, 11) is 0. The third kappa shape index (κ3) is 3.62. The summed E-state index contributed by atoms with van der Waals surface area (Å²) in [5.41, 5.74) is 1.81. The number of H-pyrrole nitrogens is 1. The first-order chi connectivity index (χ1) is 11.5. The molecule has 0 unspecified atom stereocenters. The fourth-order valence-electron chi connectivity index (χ4n) is 2.43. The quantitative estimate of drug-likeness (QED) is 0.625. The average molecular weight is 388 g/mol. The Morgan fingerprint density at radius 2 is 2.00 bits per heavy atom. The maximum atomic E-state index is 12.5. The number of nitrogens with one attached hydrogen (secondary N) is 2. The summed E-state index contributed by atoms with van der Waals surface area (Å²) in [6.07, 6.45) is 3.01. The third-order valence-corrected chi connectivity index (χ3v) is 4.15. The van der Waals surface area contributed by atoms with Gasteiger partial charge in [0.05, 0.1) is 18.0 Å². The van der Waals surface area contributed by atoms with Gasteiger partial charge in [0, 0.05) is 22.3 Å². The fraction of sp³-hybridized carbons (Fsp3) is 0.118. The molecule has 0 radical (unpaired) electrons. The number of benzene rings is 1. The van der Waals surface area contributed by atoms with E-state index < -0.39 is 12.0 Å². The highest BCUT2D eigenvalue weighted by Crippen LogP contribution is 2.21. The lowest BCUT2D eigenvalue weighted by atomic mass is 10.0. The van der Waals surface area contributed by atoms with Gasteiger partial charge < -0.3 is 15.4 Å². The molecule has 0 bridgehead atoms. The van der Waals surface area contributed by atoms with Crippen LogP contribution in [-0.4, -0.2) is 27.0 Å². The molecule has 0 saturated heterocycles. The van der Waals surface area contributed by atoms with Crippen molar-refractivity contribution in [3.05, 3.63) is 64.4 Å². The molecule has 0 fully saturated rings. The van der Waals surface area contributed by atoms with Crippen LogP contribution in [0.1, 0.15) is 28.4 Å². The van der Waals surface area contributed by atoms with E-state index in [0.29, 0.717) is 11.2 Å². The standard InChI is InChI=1S/C17H14BrN3O3/c18-13-3-1-10(2-4-13)14(8-15(22)23)21-17(24)12-7-11-5-6-19-16(11)20-9-12/h1-7,9,14H,8H2,(H,19,20)(H,21,24)(H,22,23)/t14-/m1/s1. The van der Waals surface area contributed by atoms with Crippen molar-refractivity contribution < 1.29 is 14.7 Å². The van der Waals surface area contributed by atoms with Crippen molar-refractivity contribution in [1.82, 2.24) is 15.3 Å². The molecule has 2 heterocycles. The maximum absolute atomic E-state index is 12.5. The molecule has 122 valence electrons. The molecule has 0 spiro atoms. The van der Waals surface area contributed by atoms with Crippen LogP contribution in [0.15, 0.2) is 53.3 Å². The van der Waals surface area contributed by atoms with E-state index in [2.05, 4.69) is 31.2 Å². The molecule has 1 atom stereocenters. The highest BCUT2D eigenvalue weighted by atomic mass is 79.9. The van der Waals surface area contributed by atoms with Gasteiger partial charge in [0.1, 0.15) is 5.65 Å². The number of nitrogens with zero attached hydrogens (tertiary/aromatic N) is 1. The predicted molar refractivity (Wildman–Crippen MR) is 92.7 cm³/mol. The van der Waals surface area contributed by atoms with Crippen LogP contribution >= 0.6 is 15.9 Å². The number of aliphatic carboxylic acids is 1. The van der Waals surface area contributed by atoms with E-state index in [1.165, 1.54) is 6.20 Å². The smallest absolute Gasteiger partial charge is 0.305 e. The zero-order valence-corrected chi connectivity index (χ0v) is 14.1. The van der Waals surface area contributed by atoms with Gasteiger partial charge in [-0.15, -0.1) is 0 Å². The largest absolute Gasteiger partial charge is 0.481 e. The van der Waals surface area contributed by atoms with Crippen LogP contribution < -0.4 is 5.32 Å². The molecular weight excluding hydrogens is 374 g/mol. The highest BCUT2D eigenvalue weighted by molar-refractivity contribution is 9.10. The molecule has 3 aromatic rings. The number of carbonyl (C=O) groups excluding carboxylic acids is 1. The van der Waals surface area contributed by atoms with Gasteiger partial charge in [-0.1, -0.05) is 28.1 Å². The number of aromatic amines is 1. The number of amides is 1. The topological polar surface area (TPSA) is 95.1 Å². The average Bonchev–Trinajstić information content (AvgIpc) is 3.02. The summed E-state index contributed by atoms with van der Waals surface area (Å²) in [6.45, 7) is 0. The van der Waals surface area contributed by atoms with Crippen LogP contribution in [-0.2, 0) is 4.79 Å². The number of hydrogen-bond donors (Lipinski definition) is 3. The summed E-state index contributed by atoms with van der Waals surface area (Å²) < 4.78 is 0.883. The van der Waals surface area contributed by atoms with Crippen molar-refractivity contribution in [2.75, 3.05) is 0 Å². The van der Waals surface area contributed by atoms with Gasteiger partial charge in [0.15, 0.2) is 0 Å². The van der Waals surface area contributed by atoms with Crippen molar-refractivity contribution in [2.24, 2.45) is 0 Å². The molecule has 0 aliphatic rings. The SMILES string of the molecule is O=C(O)C[C@@H](NC(=O)c1cnc2[nH]ccc2c1)c1ccc(Br)cc1. The summed E-state index contributed by atoms with van der Waals surface area (Å²) in [4.78, 5) is 30.7. The minimum Gasteiger partial charge on any atom is -0.481 e. The Balaban J connectivity index is 1.84. The summed E-state index contributed by atoms with van der Waals surface area (Å²) in [5.74, 6) is -1.35. The van der Waals surface area contributed by atoms with E-state index in [4.69, 9.17) is 5.11 Å². The molecule has 1 aromatic carbocycles. The van der Waals surface area contributed by atoms with Gasteiger partial charge in [0.25, 0.3) is 5.91 Å². The van der Waals surface area contributed by atoms with Crippen LogP contribution in [0, 0.1) is 0 Å². The van der Waals surface area contributed by atoms with E-state index in [0.717, 1.165) is 15.4 Å². The minimum absolute atomic E-state index is 0.201. The Hall–Kier alpha value is -2.67. The van der Waals surface area contributed by atoms with Gasteiger partial charge in [-0.05, 0) is 29.8 Å². The maximum Gasteiger partial charge on any atom is 0.305 e. The van der Waals surface area contributed by atoms with Crippen LogP contribution in [0.25, 0.3) is 11.0 Å². The first-order valence-electron chi connectivity index (χ1n) is 7.24. The Morgan fingerprint density at radius 3 is 2.71 bits per heavy atom. The molecule has 24 heavy (non-hydrogen) atoms. The van der Waals surface area contributed by atoms with Gasteiger partial charge >= 0.3 is 5.97 Å². The second-order valence-corrected chi connectivity index (χ2v) is 6.23. The summed E-state index contributed by atoms with van der Waals surface area (Å²) >= 11 is 3.34. The molecule has 0 aliphatic carbocycles. The Morgan fingerprint density at radius 1 is 1.25 bits per heavy atom. The van der Waals surface area contributed by atoms with E-state index in [1.54, 1.807) is 24.4 Å². The second-order valence-electron chi connectivity index (χ2n) is 5.31. The number of fused-ring (bicyclic) bond motifs is 1. The summed E-state index contributed by atoms with van der Waals surface area (Å²) in [5, 5.41) is 12.7. The number of carboxylic acid groups (broad SMARTS) is 1. The number of carbonyl (C=O) groups is 2. The van der Waals surface area contributed by atoms with Crippen LogP contribution in [0.4, 0.5) is 0 Å². The van der Waals surface area contributed by atoms with Crippen molar-refractivity contribution in [3.63, 3.8) is 0 Å².